The molecule has 136 valence electrons. The number of imidazole rings is 1. The number of fused-ring (bicyclic) bond motifs is 1. The molecule has 0 saturated heterocycles. The van der Waals surface area contributed by atoms with Crippen LogP contribution in [0.5, 0.6) is 0 Å². The van der Waals surface area contributed by atoms with Gasteiger partial charge in [-0.2, -0.15) is 0 Å². The Morgan fingerprint density at radius 3 is 2.54 bits per heavy atom. The van der Waals surface area contributed by atoms with Gasteiger partial charge in [-0.25, -0.2) is 4.98 Å². The first-order valence-corrected chi connectivity index (χ1v) is 9.79. The van der Waals surface area contributed by atoms with Crippen molar-refractivity contribution in [1.82, 2.24) is 9.55 Å². The highest BCUT2D eigenvalue weighted by molar-refractivity contribution is 6.36. The standard InChI is InChI=1S/C20H22Cl2N4/c21-14-6-5-7-15(22)13(14)12-26-19-11-4-3-10-18(19)25-20(26)24-17-9-2-1-8-16(17)23/h3-7,10-11,16-17H,1-2,8-9,12,23H2,(H,24,25)/t16-,17-/m0/s1. The van der Waals surface area contributed by atoms with Crippen molar-refractivity contribution in [2.75, 3.05) is 5.32 Å². The number of para-hydroxylation sites is 2. The van der Waals surface area contributed by atoms with Crippen LogP contribution in [-0.4, -0.2) is 21.6 Å². The van der Waals surface area contributed by atoms with Gasteiger partial charge in [0, 0.05) is 27.7 Å². The molecule has 0 bridgehead atoms. The molecule has 26 heavy (non-hydrogen) atoms. The molecule has 0 aliphatic heterocycles. The molecule has 4 rings (SSSR count). The van der Waals surface area contributed by atoms with Crippen LogP contribution in [-0.2, 0) is 6.54 Å². The Kier molecular flexibility index (Phi) is 5.07. The quantitative estimate of drug-likeness (QED) is 0.655. The molecule has 0 unspecified atom stereocenters. The van der Waals surface area contributed by atoms with Gasteiger partial charge in [-0.3, -0.25) is 0 Å². The Morgan fingerprint density at radius 2 is 1.77 bits per heavy atom. The maximum atomic E-state index is 6.41. The maximum Gasteiger partial charge on any atom is 0.204 e. The van der Waals surface area contributed by atoms with Crippen molar-refractivity contribution in [1.29, 1.82) is 0 Å². The second kappa shape index (κ2) is 7.47. The van der Waals surface area contributed by atoms with Gasteiger partial charge in [0.15, 0.2) is 0 Å². The van der Waals surface area contributed by atoms with Crippen LogP contribution in [0.1, 0.15) is 31.2 Å². The molecule has 1 heterocycles. The van der Waals surface area contributed by atoms with Crippen molar-refractivity contribution in [2.45, 2.75) is 44.3 Å². The molecule has 6 heteroatoms. The smallest absolute Gasteiger partial charge is 0.204 e. The monoisotopic (exact) mass is 388 g/mol. The molecule has 2 aromatic carbocycles. The Labute approximate surface area is 163 Å². The Hall–Kier alpha value is -1.75. The lowest BCUT2D eigenvalue weighted by Gasteiger charge is -2.30. The van der Waals surface area contributed by atoms with E-state index in [0.29, 0.717) is 16.6 Å². The fraction of sp³-hybridized carbons (Fsp3) is 0.350. The highest BCUT2D eigenvalue weighted by Crippen LogP contribution is 2.30. The predicted molar refractivity (Wildman–Crippen MR) is 109 cm³/mol. The summed E-state index contributed by atoms with van der Waals surface area (Å²) in [4.78, 5) is 4.81. The summed E-state index contributed by atoms with van der Waals surface area (Å²) in [6.07, 6.45) is 4.51. The molecular weight excluding hydrogens is 367 g/mol. The molecule has 1 aliphatic carbocycles. The SMILES string of the molecule is N[C@H]1CCCC[C@@H]1Nc1nc2ccccc2n1Cc1c(Cl)cccc1Cl. The number of hydrogen-bond acceptors (Lipinski definition) is 3. The van der Waals surface area contributed by atoms with E-state index in [1.54, 1.807) is 0 Å². The zero-order chi connectivity index (χ0) is 18.1. The zero-order valence-corrected chi connectivity index (χ0v) is 16.0. The fourth-order valence-electron chi connectivity index (χ4n) is 3.69. The maximum absolute atomic E-state index is 6.41. The first kappa shape index (κ1) is 17.7. The third-order valence-electron chi connectivity index (χ3n) is 5.17. The average Bonchev–Trinajstić information content (AvgIpc) is 2.97. The number of nitrogens with two attached hydrogens (primary N) is 1. The minimum atomic E-state index is 0.154. The molecule has 0 radical (unpaired) electrons. The van der Waals surface area contributed by atoms with E-state index in [0.717, 1.165) is 35.4 Å². The largest absolute Gasteiger partial charge is 0.351 e. The molecule has 1 saturated carbocycles. The lowest BCUT2D eigenvalue weighted by atomic mass is 9.91. The number of aromatic nitrogens is 2. The van der Waals surface area contributed by atoms with Crippen LogP contribution in [0.4, 0.5) is 5.95 Å². The molecule has 1 aromatic heterocycles. The molecule has 1 fully saturated rings. The van der Waals surface area contributed by atoms with Gasteiger partial charge in [-0.1, -0.05) is 54.2 Å². The third-order valence-corrected chi connectivity index (χ3v) is 5.87. The van der Waals surface area contributed by atoms with Gasteiger partial charge in [0.2, 0.25) is 5.95 Å². The van der Waals surface area contributed by atoms with E-state index < -0.39 is 0 Å². The summed E-state index contributed by atoms with van der Waals surface area (Å²) in [5.74, 6) is 0.824. The van der Waals surface area contributed by atoms with Gasteiger partial charge in [-0.05, 0) is 37.1 Å². The topological polar surface area (TPSA) is 55.9 Å². The molecule has 2 atom stereocenters. The number of benzene rings is 2. The molecule has 4 nitrogen and oxygen atoms in total. The van der Waals surface area contributed by atoms with E-state index in [2.05, 4.69) is 16.0 Å². The van der Waals surface area contributed by atoms with Crippen molar-refractivity contribution >= 4 is 40.2 Å². The van der Waals surface area contributed by atoms with E-state index >= 15 is 0 Å². The van der Waals surface area contributed by atoms with Crippen LogP contribution in [0.25, 0.3) is 11.0 Å². The second-order valence-corrected chi connectivity index (χ2v) is 7.72. The molecule has 1 aliphatic rings. The number of rotatable bonds is 4. The normalized spacial score (nSPS) is 20.4. The molecular formula is C20H22Cl2N4. The Morgan fingerprint density at radius 1 is 1.04 bits per heavy atom. The summed E-state index contributed by atoms with van der Waals surface area (Å²) in [7, 11) is 0. The highest BCUT2D eigenvalue weighted by atomic mass is 35.5. The summed E-state index contributed by atoms with van der Waals surface area (Å²) in [6.45, 7) is 0.559. The number of anilines is 1. The van der Waals surface area contributed by atoms with E-state index in [-0.39, 0.29) is 12.1 Å². The van der Waals surface area contributed by atoms with Gasteiger partial charge >= 0.3 is 0 Å². The van der Waals surface area contributed by atoms with Crippen LogP contribution >= 0.6 is 23.2 Å². The van der Waals surface area contributed by atoms with Crippen LogP contribution in [0.3, 0.4) is 0 Å². The van der Waals surface area contributed by atoms with Crippen LogP contribution in [0, 0.1) is 0 Å². The molecule has 3 aromatic rings. The second-order valence-electron chi connectivity index (χ2n) is 6.91. The van der Waals surface area contributed by atoms with Gasteiger partial charge in [-0.15, -0.1) is 0 Å². The minimum Gasteiger partial charge on any atom is -0.351 e. The van der Waals surface area contributed by atoms with Gasteiger partial charge in [0.05, 0.1) is 17.6 Å². The van der Waals surface area contributed by atoms with Crippen LogP contribution < -0.4 is 11.1 Å². The number of nitrogens with one attached hydrogen (secondary N) is 1. The van der Waals surface area contributed by atoms with E-state index in [4.69, 9.17) is 33.9 Å². The first-order chi connectivity index (χ1) is 12.6. The van der Waals surface area contributed by atoms with Gasteiger partial charge in [0.25, 0.3) is 0 Å². The number of nitrogens with zero attached hydrogens (tertiary/aromatic N) is 2. The summed E-state index contributed by atoms with van der Waals surface area (Å²) < 4.78 is 2.14. The minimum absolute atomic E-state index is 0.154. The summed E-state index contributed by atoms with van der Waals surface area (Å²) in [6, 6.07) is 14.1. The number of hydrogen-bond donors (Lipinski definition) is 2. The third kappa shape index (κ3) is 3.41. The zero-order valence-electron chi connectivity index (χ0n) is 14.5. The van der Waals surface area contributed by atoms with Crippen LogP contribution in [0.2, 0.25) is 10.0 Å². The van der Waals surface area contributed by atoms with Crippen molar-refractivity contribution in [3.8, 4) is 0 Å². The van der Waals surface area contributed by atoms with E-state index in [1.807, 2.05) is 36.4 Å². The average molecular weight is 389 g/mol. The van der Waals surface area contributed by atoms with Crippen LogP contribution in [0.15, 0.2) is 42.5 Å². The molecule has 0 amide bonds. The highest BCUT2D eigenvalue weighted by Gasteiger charge is 2.24. The summed E-state index contributed by atoms with van der Waals surface area (Å²) in [5, 5.41) is 4.91. The first-order valence-electron chi connectivity index (χ1n) is 9.04. The summed E-state index contributed by atoms with van der Waals surface area (Å²) >= 11 is 12.8. The van der Waals surface area contributed by atoms with E-state index in [1.165, 1.54) is 12.8 Å². The van der Waals surface area contributed by atoms with Gasteiger partial charge in [0.1, 0.15) is 0 Å². The fourth-order valence-corrected chi connectivity index (χ4v) is 4.21. The van der Waals surface area contributed by atoms with Crippen molar-refractivity contribution in [3.05, 3.63) is 58.1 Å². The lowest BCUT2D eigenvalue weighted by Crippen LogP contribution is -2.43. The molecule has 0 spiro atoms. The molecule has 3 N–H and O–H groups in total. The van der Waals surface area contributed by atoms with Crippen molar-refractivity contribution < 1.29 is 0 Å². The summed E-state index contributed by atoms with van der Waals surface area (Å²) in [5.41, 5.74) is 9.23. The number of halogens is 2. The van der Waals surface area contributed by atoms with Crippen molar-refractivity contribution in [2.24, 2.45) is 5.73 Å². The van der Waals surface area contributed by atoms with Crippen molar-refractivity contribution in [3.63, 3.8) is 0 Å². The Balaban J connectivity index is 1.74. The predicted octanol–water partition coefficient (Wildman–Crippen LogP) is 5.07. The lowest BCUT2D eigenvalue weighted by molar-refractivity contribution is 0.401. The van der Waals surface area contributed by atoms with E-state index in [9.17, 15) is 0 Å². The Bertz CT molecular complexity index is 901. The van der Waals surface area contributed by atoms with Gasteiger partial charge < -0.3 is 15.6 Å².